The Kier molecular flexibility index (Phi) is 5.23. The van der Waals surface area contributed by atoms with Gasteiger partial charge in [-0.3, -0.25) is 9.97 Å². The van der Waals surface area contributed by atoms with E-state index in [0.29, 0.717) is 17.5 Å². The fourth-order valence-electron chi connectivity index (χ4n) is 4.26. The first-order valence-electron chi connectivity index (χ1n) is 9.85. The lowest BCUT2D eigenvalue weighted by atomic mass is 9.94. The van der Waals surface area contributed by atoms with E-state index < -0.39 is 0 Å². The van der Waals surface area contributed by atoms with Crippen LogP contribution in [0, 0.1) is 17.2 Å². The Morgan fingerprint density at radius 3 is 2.75 bits per heavy atom. The van der Waals surface area contributed by atoms with Crippen LogP contribution in [0.5, 0.6) is 0 Å². The van der Waals surface area contributed by atoms with Gasteiger partial charge in [-0.25, -0.2) is 0 Å². The standard InChI is InChI=1S/C23H25N5/c1-16-12-19(27-17(2)21-7-3-4-10-25-21)15-28(14-16)22-9-8-18(13-24)23-20(22)6-5-11-26-23/h3-11,16-17,19,27H,12,14-15H2,1-2H3/t16?,17?,19-/m0/s1. The minimum absolute atomic E-state index is 0.206. The van der Waals surface area contributed by atoms with Crippen molar-refractivity contribution >= 4 is 16.6 Å². The summed E-state index contributed by atoms with van der Waals surface area (Å²) in [4.78, 5) is 11.4. The second kappa shape index (κ2) is 7.95. The quantitative estimate of drug-likeness (QED) is 0.749. The zero-order chi connectivity index (χ0) is 19.5. The number of benzene rings is 1. The van der Waals surface area contributed by atoms with Gasteiger partial charge in [0.05, 0.1) is 16.8 Å². The highest BCUT2D eigenvalue weighted by molar-refractivity contribution is 5.95. The minimum atomic E-state index is 0.206. The molecule has 3 heterocycles. The monoisotopic (exact) mass is 371 g/mol. The van der Waals surface area contributed by atoms with Gasteiger partial charge in [-0.1, -0.05) is 13.0 Å². The van der Waals surface area contributed by atoms with Crippen molar-refractivity contribution in [2.24, 2.45) is 5.92 Å². The van der Waals surface area contributed by atoms with Gasteiger partial charge in [0, 0.05) is 48.6 Å². The third-order valence-corrected chi connectivity index (χ3v) is 5.48. The SMILES string of the molecule is CC1C[C@H](NC(C)c2ccccn2)CN(c2ccc(C#N)c3ncccc23)C1. The second-order valence-corrected chi connectivity index (χ2v) is 7.73. The summed E-state index contributed by atoms with van der Waals surface area (Å²) in [5, 5.41) is 14.2. The van der Waals surface area contributed by atoms with Crippen LogP contribution in [0.2, 0.25) is 0 Å². The van der Waals surface area contributed by atoms with Crippen LogP contribution in [0.3, 0.4) is 0 Å². The smallest absolute Gasteiger partial charge is 0.101 e. The average Bonchev–Trinajstić information content (AvgIpc) is 2.73. The van der Waals surface area contributed by atoms with Crippen molar-refractivity contribution in [3.63, 3.8) is 0 Å². The Labute approximate surface area is 166 Å². The predicted octanol–water partition coefficient (Wildman–Crippen LogP) is 4.07. The second-order valence-electron chi connectivity index (χ2n) is 7.73. The van der Waals surface area contributed by atoms with Crippen LogP contribution in [-0.2, 0) is 0 Å². The van der Waals surface area contributed by atoms with Crippen LogP contribution in [0.1, 0.15) is 37.6 Å². The fourth-order valence-corrected chi connectivity index (χ4v) is 4.26. The summed E-state index contributed by atoms with van der Waals surface area (Å²) in [6.45, 7) is 6.41. The molecule has 4 rings (SSSR count). The number of fused-ring (bicyclic) bond motifs is 1. The van der Waals surface area contributed by atoms with Gasteiger partial charge in [-0.05, 0) is 55.7 Å². The number of anilines is 1. The zero-order valence-electron chi connectivity index (χ0n) is 16.3. The van der Waals surface area contributed by atoms with Crippen molar-refractivity contribution in [1.82, 2.24) is 15.3 Å². The lowest BCUT2D eigenvalue weighted by molar-refractivity contribution is 0.328. The fraction of sp³-hybridized carbons (Fsp3) is 0.348. The molecule has 0 bridgehead atoms. The van der Waals surface area contributed by atoms with Crippen LogP contribution in [-0.4, -0.2) is 29.1 Å². The van der Waals surface area contributed by atoms with Crippen LogP contribution in [0.15, 0.2) is 54.9 Å². The molecule has 0 aliphatic carbocycles. The molecule has 3 atom stereocenters. The van der Waals surface area contributed by atoms with Gasteiger partial charge in [-0.15, -0.1) is 0 Å². The third-order valence-electron chi connectivity index (χ3n) is 5.48. The van der Waals surface area contributed by atoms with Crippen LogP contribution < -0.4 is 10.2 Å². The Hall–Kier alpha value is -2.97. The topological polar surface area (TPSA) is 64.8 Å². The van der Waals surface area contributed by atoms with E-state index in [0.717, 1.165) is 41.8 Å². The van der Waals surface area contributed by atoms with Crippen molar-refractivity contribution < 1.29 is 0 Å². The van der Waals surface area contributed by atoms with Crippen molar-refractivity contribution in [3.05, 3.63) is 66.1 Å². The van der Waals surface area contributed by atoms with E-state index in [9.17, 15) is 5.26 Å². The molecular weight excluding hydrogens is 346 g/mol. The summed E-state index contributed by atoms with van der Waals surface area (Å²) in [7, 11) is 0. The maximum absolute atomic E-state index is 9.41. The van der Waals surface area contributed by atoms with Gasteiger partial charge in [0.25, 0.3) is 0 Å². The van der Waals surface area contributed by atoms with Crippen molar-refractivity contribution in [1.29, 1.82) is 5.26 Å². The molecule has 1 aliphatic rings. The van der Waals surface area contributed by atoms with Gasteiger partial charge >= 0.3 is 0 Å². The first kappa shape index (κ1) is 18.4. The maximum Gasteiger partial charge on any atom is 0.101 e. The Balaban J connectivity index is 1.59. The molecule has 142 valence electrons. The summed E-state index contributed by atoms with van der Waals surface area (Å²) in [6.07, 6.45) is 4.74. The van der Waals surface area contributed by atoms with Gasteiger partial charge < -0.3 is 10.2 Å². The molecule has 2 aromatic heterocycles. The Bertz CT molecular complexity index is 995. The number of piperidine rings is 1. The molecule has 5 nitrogen and oxygen atoms in total. The van der Waals surface area contributed by atoms with Gasteiger partial charge in [0.15, 0.2) is 0 Å². The number of hydrogen-bond acceptors (Lipinski definition) is 5. The molecule has 0 spiro atoms. The molecule has 0 saturated carbocycles. The van der Waals surface area contributed by atoms with Crippen LogP contribution in [0.25, 0.3) is 10.9 Å². The highest BCUT2D eigenvalue weighted by atomic mass is 15.2. The molecule has 3 aromatic rings. The van der Waals surface area contributed by atoms with E-state index in [4.69, 9.17) is 0 Å². The van der Waals surface area contributed by atoms with Gasteiger partial charge in [0.1, 0.15) is 6.07 Å². The number of nitrogens with zero attached hydrogens (tertiary/aromatic N) is 4. The van der Waals surface area contributed by atoms with Crippen LogP contribution in [0.4, 0.5) is 5.69 Å². The third kappa shape index (κ3) is 3.69. The first-order chi connectivity index (χ1) is 13.7. The predicted molar refractivity (Wildman–Crippen MR) is 112 cm³/mol. The lowest BCUT2D eigenvalue weighted by Gasteiger charge is -2.39. The molecule has 28 heavy (non-hydrogen) atoms. The van der Waals surface area contributed by atoms with Crippen molar-refractivity contribution in [2.75, 3.05) is 18.0 Å². The molecule has 1 aromatic carbocycles. The summed E-state index contributed by atoms with van der Waals surface area (Å²) >= 11 is 0. The summed E-state index contributed by atoms with van der Waals surface area (Å²) < 4.78 is 0. The highest BCUT2D eigenvalue weighted by Gasteiger charge is 2.27. The van der Waals surface area contributed by atoms with Crippen molar-refractivity contribution in [2.45, 2.75) is 32.4 Å². The van der Waals surface area contributed by atoms with E-state index in [1.807, 2.05) is 30.5 Å². The molecule has 0 amide bonds. The van der Waals surface area contributed by atoms with Gasteiger partial charge in [-0.2, -0.15) is 5.26 Å². The normalized spacial score (nSPS) is 20.7. The maximum atomic E-state index is 9.41. The molecule has 1 fully saturated rings. The molecule has 1 N–H and O–H groups in total. The number of hydrogen-bond donors (Lipinski definition) is 1. The summed E-state index contributed by atoms with van der Waals surface area (Å²) in [5.41, 5.74) is 3.64. The molecule has 0 radical (unpaired) electrons. The Morgan fingerprint density at radius 1 is 1.11 bits per heavy atom. The van der Waals surface area contributed by atoms with Gasteiger partial charge in [0.2, 0.25) is 0 Å². The lowest BCUT2D eigenvalue weighted by Crippen LogP contribution is -2.49. The summed E-state index contributed by atoms with van der Waals surface area (Å²) in [6, 6.07) is 16.9. The number of aromatic nitrogens is 2. The molecule has 1 aliphatic heterocycles. The average molecular weight is 371 g/mol. The van der Waals surface area contributed by atoms with Crippen LogP contribution >= 0.6 is 0 Å². The van der Waals surface area contributed by atoms with E-state index in [2.05, 4.69) is 58.3 Å². The van der Waals surface area contributed by atoms with E-state index >= 15 is 0 Å². The molecule has 5 heteroatoms. The van der Waals surface area contributed by atoms with E-state index in [1.54, 1.807) is 6.20 Å². The van der Waals surface area contributed by atoms with Crippen molar-refractivity contribution in [3.8, 4) is 6.07 Å². The van der Waals surface area contributed by atoms with E-state index in [-0.39, 0.29) is 6.04 Å². The highest BCUT2D eigenvalue weighted by Crippen LogP contribution is 2.31. The molecular formula is C23H25N5. The number of nitrogens with one attached hydrogen (secondary N) is 1. The summed E-state index contributed by atoms with van der Waals surface area (Å²) in [5.74, 6) is 0.574. The number of pyridine rings is 2. The minimum Gasteiger partial charge on any atom is -0.369 e. The number of rotatable bonds is 4. The molecule has 1 saturated heterocycles. The largest absolute Gasteiger partial charge is 0.369 e. The number of nitriles is 1. The van der Waals surface area contributed by atoms with E-state index in [1.165, 1.54) is 0 Å². The zero-order valence-corrected chi connectivity index (χ0v) is 16.3. The Morgan fingerprint density at radius 2 is 1.96 bits per heavy atom. The first-order valence-corrected chi connectivity index (χ1v) is 9.85. The molecule has 2 unspecified atom stereocenters.